The first-order valence-electron chi connectivity index (χ1n) is 12.1. The van der Waals surface area contributed by atoms with Gasteiger partial charge in [-0.15, -0.1) is 5.10 Å². The summed E-state index contributed by atoms with van der Waals surface area (Å²) >= 11 is 12.9. The average Bonchev–Trinajstić information content (AvgIpc) is 3.31. The number of nitriles is 1. The van der Waals surface area contributed by atoms with Gasteiger partial charge in [0.15, 0.2) is 5.75 Å². The summed E-state index contributed by atoms with van der Waals surface area (Å²) < 4.78 is 34.6. The van der Waals surface area contributed by atoms with E-state index >= 15 is 0 Å². The van der Waals surface area contributed by atoms with Crippen LogP contribution in [0.4, 0.5) is 0 Å². The number of nitrogens with zero attached hydrogens (tertiary/aromatic N) is 5. The molecule has 3 heterocycles. The molecule has 5 rings (SSSR count). The zero-order valence-corrected chi connectivity index (χ0v) is 23.8. The number of H-pyrrole nitrogens is 1. The van der Waals surface area contributed by atoms with Gasteiger partial charge in [0.1, 0.15) is 6.07 Å². The van der Waals surface area contributed by atoms with Crippen LogP contribution in [0.1, 0.15) is 36.6 Å². The predicted octanol–water partition coefficient (Wildman–Crippen LogP) is 4.74. The van der Waals surface area contributed by atoms with Crippen LogP contribution in [-0.4, -0.2) is 32.1 Å². The normalized spacial score (nSPS) is 11.6. The summed E-state index contributed by atoms with van der Waals surface area (Å²) in [5.74, 6) is -0.0909. The molecule has 0 bridgehead atoms. The highest BCUT2D eigenvalue weighted by Crippen LogP contribution is 2.39. The Bertz CT molecular complexity index is 2060. The minimum absolute atomic E-state index is 0.0140. The molecule has 41 heavy (non-hydrogen) atoms. The molecule has 0 unspecified atom stereocenters. The third kappa shape index (κ3) is 5.47. The van der Waals surface area contributed by atoms with E-state index in [9.17, 15) is 18.0 Å². The standard InChI is InChI=1S/C27H20Cl2N6O5S/c1-15(2)19-13-34(41(38,39)14-16-6-4-3-5-7-16)23-12-31-24(10-18(19)23)40-25-20(28)8-17(9-21(25)29)35-27(37)32-26(36)22(11-30)33-35/h3-10,12-13,15H,14H2,1-2H3,(H,32,36,37). The van der Waals surface area contributed by atoms with Crippen LogP contribution in [0, 0.1) is 11.3 Å². The summed E-state index contributed by atoms with van der Waals surface area (Å²) in [6, 6.07) is 14.7. The third-order valence-corrected chi connectivity index (χ3v) is 8.31. The lowest BCUT2D eigenvalue weighted by atomic mass is 10.0. The number of aromatic nitrogens is 5. The van der Waals surface area contributed by atoms with E-state index in [0.29, 0.717) is 16.5 Å². The van der Waals surface area contributed by atoms with Crippen LogP contribution in [0.25, 0.3) is 16.6 Å². The van der Waals surface area contributed by atoms with Gasteiger partial charge in [-0.1, -0.05) is 67.4 Å². The number of aromatic amines is 1. The molecule has 0 saturated carbocycles. The number of ether oxygens (including phenoxy) is 1. The van der Waals surface area contributed by atoms with E-state index in [-0.39, 0.29) is 39.0 Å². The largest absolute Gasteiger partial charge is 0.436 e. The van der Waals surface area contributed by atoms with Crippen molar-refractivity contribution in [2.24, 2.45) is 0 Å². The lowest BCUT2D eigenvalue weighted by molar-refractivity contribution is 0.464. The molecule has 0 fully saturated rings. The van der Waals surface area contributed by atoms with Gasteiger partial charge in [0.05, 0.1) is 33.2 Å². The molecule has 0 amide bonds. The number of pyridine rings is 1. The van der Waals surface area contributed by atoms with Crippen molar-refractivity contribution in [1.29, 1.82) is 5.26 Å². The lowest BCUT2D eigenvalue weighted by Gasteiger charge is -2.12. The number of benzene rings is 2. The van der Waals surface area contributed by atoms with Crippen LogP contribution in [0.3, 0.4) is 0 Å². The van der Waals surface area contributed by atoms with E-state index in [4.69, 9.17) is 33.2 Å². The first-order chi connectivity index (χ1) is 19.5. The zero-order valence-electron chi connectivity index (χ0n) is 21.5. The maximum Gasteiger partial charge on any atom is 0.349 e. The Balaban J connectivity index is 1.53. The van der Waals surface area contributed by atoms with Gasteiger partial charge >= 0.3 is 5.69 Å². The molecule has 2 aromatic carbocycles. The molecule has 3 aromatic heterocycles. The van der Waals surface area contributed by atoms with Gasteiger partial charge in [0, 0.05) is 17.6 Å². The zero-order chi connectivity index (χ0) is 29.5. The van der Waals surface area contributed by atoms with Crippen molar-refractivity contribution in [2.75, 3.05) is 0 Å². The van der Waals surface area contributed by atoms with Crippen LogP contribution in [0.15, 0.2) is 70.5 Å². The molecular formula is C27H20Cl2N6O5S. The first kappa shape index (κ1) is 28.1. The number of hydrogen-bond donors (Lipinski definition) is 1. The Labute approximate surface area is 243 Å². The fraction of sp³-hybridized carbons (Fsp3) is 0.148. The monoisotopic (exact) mass is 610 g/mol. The lowest BCUT2D eigenvalue weighted by Crippen LogP contribution is -2.33. The van der Waals surface area contributed by atoms with Crippen molar-refractivity contribution >= 4 is 44.1 Å². The second kappa shape index (κ2) is 10.9. The van der Waals surface area contributed by atoms with Gasteiger partial charge in [-0.25, -0.2) is 22.2 Å². The van der Waals surface area contributed by atoms with Crippen LogP contribution in [-0.2, 0) is 15.8 Å². The summed E-state index contributed by atoms with van der Waals surface area (Å²) in [6.07, 6.45) is 3.00. The van der Waals surface area contributed by atoms with Crippen LogP contribution >= 0.6 is 23.2 Å². The van der Waals surface area contributed by atoms with Crippen LogP contribution in [0.5, 0.6) is 11.6 Å². The van der Waals surface area contributed by atoms with Gasteiger partial charge in [0.25, 0.3) is 5.56 Å². The second-order valence-electron chi connectivity index (χ2n) is 9.29. The van der Waals surface area contributed by atoms with E-state index in [1.165, 1.54) is 22.3 Å². The van der Waals surface area contributed by atoms with Gasteiger partial charge < -0.3 is 4.74 Å². The molecule has 1 N–H and O–H groups in total. The van der Waals surface area contributed by atoms with Crippen molar-refractivity contribution in [3.63, 3.8) is 0 Å². The summed E-state index contributed by atoms with van der Waals surface area (Å²) in [5, 5.41) is 13.4. The molecule has 14 heteroatoms. The first-order valence-corrected chi connectivity index (χ1v) is 14.4. The maximum atomic E-state index is 13.4. The van der Waals surface area contributed by atoms with Crippen molar-refractivity contribution in [2.45, 2.75) is 25.5 Å². The molecule has 0 atom stereocenters. The quantitative estimate of drug-likeness (QED) is 0.277. The number of hydrogen-bond acceptors (Lipinski definition) is 8. The van der Waals surface area contributed by atoms with E-state index in [2.05, 4.69) is 10.1 Å². The molecular weight excluding hydrogens is 591 g/mol. The third-order valence-electron chi connectivity index (χ3n) is 6.14. The number of rotatable bonds is 7. The van der Waals surface area contributed by atoms with Crippen molar-refractivity contribution in [1.82, 2.24) is 23.7 Å². The number of halogens is 2. The molecule has 208 valence electrons. The fourth-order valence-corrected chi connectivity index (χ4v) is 6.25. The van der Waals surface area contributed by atoms with Crippen LogP contribution in [0.2, 0.25) is 10.0 Å². The Morgan fingerprint density at radius 1 is 1.10 bits per heavy atom. The van der Waals surface area contributed by atoms with Gasteiger partial charge in [-0.2, -0.15) is 9.94 Å². The van der Waals surface area contributed by atoms with Gasteiger partial charge in [-0.05, 0) is 29.2 Å². The minimum Gasteiger partial charge on any atom is -0.436 e. The smallest absolute Gasteiger partial charge is 0.349 e. The Kier molecular flexibility index (Phi) is 7.44. The van der Waals surface area contributed by atoms with E-state index in [1.54, 1.807) is 42.6 Å². The Morgan fingerprint density at radius 2 is 1.78 bits per heavy atom. The molecule has 5 aromatic rings. The molecule has 0 aliphatic carbocycles. The molecule has 11 nitrogen and oxygen atoms in total. The number of nitrogens with one attached hydrogen (secondary N) is 1. The SMILES string of the molecule is CC(C)c1cn(S(=O)(=O)Cc2ccccc2)c2cnc(Oc3c(Cl)cc(-n4nc(C#N)c(=O)[nH]c4=O)cc3Cl)cc12. The minimum atomic E-state index is -3.76. The maximum absolute atomic E-state index is 13.4. The molecule has 0 saturated heterocycles. The van der Waals surface area contributed by atoms with Gasteiger partial charge in [0.2, 0.25) is 21.6 Å². The van der Waals surface area contributed by atoms with Crippen molar-refractivity contribution in [3.05, 3.63) is 109 Å². The highest BCUT2D eigenvalue weighted by Gasteiger charge is 2.23. The topological polar surface area (TPSA) is 153 Å². The summed E-state index contributed by atoms with van der Waals surface area (Å²) in [7, 11) is -3.76. The van der Waals surface area contributed by atoms with Crippen LogP contribution < -0.4 is 16.0 Å². The highest BCUT2D eigenvalue weighted by atomic mass is 35.5. The molecule has 0 spiro atoms. The fourth-order valence-electron chi connectivity index (χ4n) is 4.22. The predicted molar refractivity (Wildman–Crippen MR) is 154 cm³/mol. The van der Waals surface area contributed by atoms with E-state index in [1.807, 2.05) is 24.9 Å². The highest BCUT2D eigenvalue weighted by molar-refractivity contribution is 7.89. The Hall–Kier alpha value is -4.44. The van der Waals surface area contributed by atoms with Gasteiger partial charge in [-0.3, -0.25) is 9.78 Å². The summed E-state index contributed by atoms with van der Waals surface area (Å²) in [5.41, 5.74) is -0.437. The second-order valence-corrected chi connectivity index (χ2v) is 11.9. The summed E-state index contributed by atoms with van der Waals surface area (Å²) in [6.45, 7) is 3.89. The number of fused-ring (bicyclic) bond motifs is 1. The molecule has 0 aliphatic heterocycles. The molecule has 0 aliphatic rings. The summed E-state index contributed by atoms with van der Waals surface area (Å²) in [4.78, 5) is 30.2. The van der Waals surface area contributed by atoms with E-state index in [0.717, 1.165) is 10.2 Å². The van der Waals surface area contributed by atoms with E-state index < -0.39 is 27.0 Å². The molecule has 0 radical (unpaired) electrons. The Morgan fingerprint density at radius 3 is 2.41 bits per heavy atom. The van der Waals surface area contributed by atoms with Crippen molar-refractivity contribution < 1.29 is 13.2 Å². The van der Waals surface area contributed by atoms with Crippen molar-refractivity contribution in [3.8, 4) is 23.4 Å². The average molecular weight is 611 g/mol.